The van der Waals surface area contributed by atoms with Crippen LogP contribution in [0.15, 0.2) is 67.0 Å². The molecule has 0 unspecified atom stereocenters. The third-order valence-corrected chi connectivity index (χ3v) is 8.52. The number of amides is 1. The van der Waals surface area contributed by atoms with Crippen molar-refractivity contribution in [1.29, 1.82) is 0 Å². The number of carboxylic acids is 1. The van der Waals surface area contributed by atoms with Gasteiger partial charge in [-0.1, -0.05) is 41.4 Å². The zero-order valence-corrected chi connectivity index (χ0v) is 24.8. The predicted octanol–water partition coefficient (Wildman–Crippen LogP) is 6.82. The number of carbonyl (C=O) groups is 2. The van der Waals surface area contributed by atoms with Gasteiger partial charge in [-0.05, 0) is 78.3 Å². The Kier molecular flexibility index (Phi) is 8.19. The first-order valence-electron chi connectivity index (χ1n) is 13.9. The number of aromatic nitrogens is 2. The van der Waals surface area contributed by atoms with Crippen molar-refractivity contribution in [2.75, 3.05) is 31.3 Å². The number of ether oxygens (including phenoxy) is 3. The summed E-state index contributed by atoms with van der Waals surface area (Å²) in [6.45, 7) is 2.77. The van der Waals surface area contributed by atoms with Crippen molar-refractivity contribution in [3.63, 3.8) is 0 Å². The molecular weight excluding hydrogens is 593 g/mol. The molecule has 1 aliphatic carbocycles. The molecule has 222 valence electrons. The van der Waals surface area contributed by atoms with Gasteiger partial charge in [0.25, 0.3) is 0 Å². The highest BCUT2D eigenvalue weighted by Gasteiger charge is 2.48. The second-order valence-corrected chi connectivity index (χ2v) is 11.5. The summed E-state index contributed by atoms with van der Waals surface area (Å²) in [5.41, 5.74) is 5.53. The first-order valence-corrected chi connectivity index (χ1v) is 14.6. The van der Waals surface area contributed by atoms with E-state index in [1.165, 1.54) is 0 Å². The fraction of sp³-hybridized carbons (Fsp3) is 0.281. The van der Waals surface area contributed by atoms with Crippen LogP contribution < -0.4 is 14.4 Å². The van der Waals surface area contributed by atoms with Gasteiger partial charge in [0.15, 0.2) is 6.61 Å². The maximum absolute atomic E-state index is 13.2. The highest BCUT2D eigenvalue weighted by Crippen LogP contribution is 2.57. The second-order valence-electron chi connectivity index (χ2n) is 10.6. The number of halogens is 2. The van der Waals surface area contributed by atoms with Gasteiger partial charge in [-0.25, -0.2) is 9.59 Å². The number of hydrogen-bond acceptors (Lipinski definition) is 6. The van der Waals surface area contributed by atoms with Crippen molar-refractivity contribution in [1.82, 2.24) is 9.78 Å². The van der Waals surface area contributed by atoms with Gasteiger partial charge in [0.05, 0.1) is 18.4 Å². The highest BCUT2D eigenvalue weighted by atomic mass is 35.5. The van der Waals surface area contributed by atoms with E-state index < -0.39 is 18.7 Å². The summed E-state index contributed by atoms with van der Waals surface area (Å²) >= 11 is 12.6. The smallest absolute Gasteiger partial charge is 0.414 e. The van der Waals surface area contributed by atoms with Gasteiger partial charge < -0.3 is 19.3 Å². The minimum Gasteiger partial charge on any atom is -0.490 e. The lowest BCUT2D eigenvalue weighted by Gasteiger charge is -2.29. The van der Waals surface area contributed by atoms with Crippen LogP contribution in [-0.2, 0) is 16.1 Å². The third-order valence-electron chi connectivity index (χ3n) is 7.75. The van der Waals surface area contributed by atoms with E-state index in [4.69, 9.17) is 42.5 Å². The Morgan fingerprint density at radius 1 is 1.05 bits per heavy atom. The Labute approximate surface area is 258 Å². The highest BCUT2D eigenvalue weighted by molar-refractivity contribution is 6.31. The van der Waals surface area contributed by atoms with Gasteiger partial charge in [0.2, 0.25) is 0 Å². The van der Waals surface area contributed by atoms with E-state index in [0.717, 1.165) is 39.9 Å². The fourth-order valence-electron chi connectivity index (χ4n) is 5.51. The van der Waals surface area contributed by atoms with E-state index >= 15 is 0 Å². The van der Waals surface area contributed by atoms with Crippen molar-refractivity contribution in [2.45, 2.75) is 25.8 Å². The molecule has 1 fully saturated rings. The number of aliphatic carboxylic acids is 1. The van der Waals surface area contributed by atoms with E-state index in [2.05, 4.69) is 11.2 Å². The van der Waals surface area contributed by atoms with Crippen molar-refractivity contribution in [3.8, 4) is 22.6 Å². The van der Waals surface area contributed by atoms with Crippen LogP contribution in [0.25, 0.3) is 11.1 Å². The zero-order chi connectivity index (χ0) is 30.1. The molecule has 0 bridgehead atoms. The van der Waals surface area contributed by atoms with Crippen LogP contribution in [0.4, 0.5) is 10.5 Å². The average Bonchev–Trinajstić information content (AvgIpc) is 3.64. The Morgan fingerprint density at radius 2 is 1.88 bits per heavy atom. The molecule has 0 spiro atoms. The minimum atomic E-state index is -1.05. The first-order chi connectivity index (χ1) is 20.8. The molecule has 6 rings (SSSR count). The van der Waals surface area contributed by atoms with E-state index in [1.54, 1.807) is 40.0 Å². The van der Waals surface area contributed by atoms with Gasteiger partial charge in [-0.2, -0.15) is 5.10 Å². The number of carboxylic acid groups (broad SMARTS) is 1. The van der Waals surface area contributed by atoms with Crippen LogP contribution in [0.5, 0.6) is 11.5 Å². The minimum absolute atomic E-state index is 0.113. The molecule has 2 aliphatic rings. The maximum atomic E-state index is 13.2. The lowest BCUT2D eigenvalue weighted by atomic mass is 9.93. The molecule has 9 nitrogen and oxygen atoms in total. The normalized spacial score (nSPS) is 16.7. The molecule has 0 radical (unpaired) electrons. The van der Waals surface area contributed by atoms with Crippen molar-refractivity contribution < 1.29 is 28.9 Å². The molecule has 1 saturated carbocycles. The second kappa shape index (κ2) is 12.2. The molecule has 1 amide bonds. The number of anilines is 1. The van der Waals surface area contributed by atoms with Crippen LogP contribution in [0, 0.1) is 12.8 Å². The Hall–Kier alpha value is -4.21. The van der Waals surface area contributed by atoms with Crippen LogP contribution in [0.2, 0.25) is 10.0 Å². The number of nitrogens with zero attached hydrogens (tertiary/aromatic N) is 3. The molecule has 0 saturated heterocycles. The summed E-state index contributed by atoms with van der Waals surface area (Å²) < 4.78 is 18.5. The summed E-state index contributed by atoms with van der Waals surface area (Å²) in [5, 5.41) is 14.6. The number of fused-ring (bicyclic) bond motifs is 3. The molecule has 1 aromatic heterocycles. The van der Waals surface area contributed by atoms with Gasteiger partial charge in [-0.3, -0.25) is 9.58 Å². The van der Waals surface area contributed by atoms with E-state index in [-0.39, 0.29) is 13.2 Å². The van der Waals surface area contributed by atoms with E-state index in [1.807, 2.05) is 37.4 Å². The molecule has 2 heterocycles. The Morgan fingerprint density at radius 3 is 2.72 bits per heavy atom. The average molecular weight is 623 g/mol. The van der Waals surface area contributed by atoms with Gasteiger partial charge in [0.1, 0.15) is 24.7 Å². The molecule has 4 aromatic rings. The van der Waals surface area contributed by atoms with Gasteiger partial charge in [0, 0.05) is 33.9 Å². The Bertz CT molecular complexity index is 1690. The summed E-state index contributed by atoms with van der Waals surface area (Å²) in [6.07, 6.45) is 4.36. The monoisotopic (exact) mass is 621 g/mol. The van der Waals surface area contributed by atoms with Crippen LogP contribution >= 0.6 is 23.2 Å². The van der Waals surface area contributed by atoms with E-state index in [9.17, 15) is 9.59 Å². The molecule has 3 aromatic carbocycles. The first kappa shape index (κ1) is 28.9. The molecule has 1 aliphatic heterocycles. The largest absolute Gasteiger partial charge is 0.490 e. The zero-order valence-electron chi connectivity index (χ0n) is 23.3. The van der Waals surface area contributed by atoms with Crippen molar-refractivity contribution >= 4 is 41.0 Å². The van der Waals surface area contributed by atoms with Gasteiger partial charge >= 0.3 is 12.1 Å². The van der Waals surface area contributed by atoms with Crippen LogP contribution in [0.3, 0.4) is 0 Å². The van der Waals surface area contributed by atoms with Crippen molar-refractivity contribution in [2.24, 2.45) is 5.92 Å². The number of hydrogen-bond donors (Lipinski definition) is 1. The number of rotatable bonds is 10. The van der Waals surface area contributed by atoms with Crippen LogP contribution in [-0.4, -0.2) is 53.3 Å². The summed E-state index contributed by atoms with van der Waals surface area (Å²) in [4.78, 5) is 25.8. The predicted molar refractivity (Wildman–Crippen MR) is 163 cm³/mol. The van der Waals surface area contributed by atoms with Gasteiger partial charge in [-0.15, -0.1) is 0 Å². The molecule has 2 atom stereocenters. The van der Waals surface area contributed by atoms with Crippen LogP contribution in [0.1, 0.15) is 29.0 Å². The number of carbonyl (C=O) groups excluding carboxylic acids is 1. The lowest BCUT2D eigenvalue weighted by Crippen LogP contribution is -2.37. The van der Waals surface area contributed by atoms with E-state index in [0.29, 0.717) is 46.5 Å². The Balaban J connectivity index is 1.15. The standard InChI is InChI=1S/C32H29Cl2N3O6/c1-19-26(33)5-3-7-29(19)41-10-11-42-32(40)37-17-20-13-25(20)31-24(4-2-6-28(31)37)22-14-35-36(16-22)15-21-12-23(8-9-27(21)34)43-18-30(38)39/h2-9,12,14,16,20,25H,10-11,13,15,17-18H2,1H3,(H,38,39)/t20-,25-/m0/s1. The van der Waals surface area contributed by atoms with Crippen molar-refractivity contribution in [3.05, 3.63) is 93.7 Å². The molecule has 43 heavy (non-hydrogen) atoms. The molecular formula is C32H29Cl2N3O6. The summed E-state index contributed by atoms with van der Waals surface area (Å²) in [6, 6.07) is 16.5. The SMILES string of the molecule is Cc1c(Cl)cccc1OCCOC(=O)N1C[C@@H]2C[C@@H]2c2c(-c3cnn(Cc4cc(OCC(=O)O)ccc4Cl)c3)cccc21. The maximum Gasteiger partial charge on any atom is 0.414 e. The third kappa shape index (κ3) is 6.28. The molecule has 11 heteroatoms. The quantitative estimate of drug-likeness (QED) is 0.194. The number of benzene rings is 3. The lowest BCUT2D eigenvalue weighted by molar-refractivity contribution is -0.139. The summed E-state index contributed by atoms with van der Waals surface area (Å²) in [5.74, 6) is 0.796. The fourth-order valence-corrected chi connectivity index (χ4v) is 5.86. The molecule has 1 N–H and O–H groups in total. The summed E-state index contributed by atoms with van der Waals surface area (Å²) in [7, 11) is 0. The topological polar surface area (TPSA) is 103 Å².